The van der Waals surface area contributed by atoms with E-state index in [9.17, 15) is 0 Å². The zero-order valence-corrected chi connectivity index (χ0v) is 11.1. The standard InChI is InChI=1S/C13H21N3O2/c1-11(10-16-5-7-18-8-6-16)15-12-3-4-14-13(9-12)17-2/h3-4,9,11H,5-8,10H2,1-2H3,(H,14,15). The highest BCUT2D eigenvalue weighted by Gasteiger charge is 2.13. The summed E-state index contributed by atoms with van der Waals surface area (Å²) in [6.07, 6.45) is 1.75. The van der Waals surface area contributed by atoms with Crippen LogP contribution in [0.1, 0.15) is 6.92 Å². The molecule has 100 valence electrons. The molecule has 1 aromatic rings. The Hall–Kier alpha value is -1.33. The van der Waals surface area contributed by atoms with E-state index in [1.54, 1.807) is 13.3 Å². The maximum Gasteiger partial charge on any atom is 0.214 e. The molecule has 0 bridgehead atoms. The van der Waals surface area contributed by atoms with Crippen molar-refractivity contribution in [1.29, 1.82) is 0 Å². The first-order chi connectivity index (χ1) is 8.78. The Kier molecular flexibility index (Phi) is 4.78. The molecule has 0 aromatic carbocycles. The molecule has 1 aromatic heterocycles. The van der Waals surface area contributed by atoms with E-state index in [0.29, 0.717) is 11.9 Å². The average Bonchev–Trinajstić information content (AvgIpc) is 2.40. The Balaban J connectivity index is 1.83. The third-order valence-corrected chi connectivity index (χ3v) is 2.99. The quantitative estimate of drug-likeness (QED) is 0.852. The number of ether oxygens (including phenoxy) is 2. The summed E-state index contributed by atoms with van der Waals surface area (Å²) in [5.41, 5.74) is 1.04. The molecule has 5 nitrogen and oxygen atoms in total. The Bertz CT molecular complexity index is 367. The normalized spacial score (nSPS) is 18.3. The fourth-order valence-corrected chi connectivity index (χ4v) is 2.11. The maximum atomic E-state index is 5.34. The molecule has 1 saturated heterocycles. The number of methoxy groups -OCH3 is 1. The number of nitrogens with zero attached hydrogens (tertiary/aromatic N) is 2. The fourth-order valence-electron chi connectivity index (χ4n) is 2.11. The van der Waals surface area contributed by atoms with Crippen molar-refractivity contribution in [3.05, 3.63) is 18.3 Å². The number of pyridine rings is 1. The smallest absolute Gasteiger partial charge is 0.214 e. The zero-order valence-electron chi connectivity index (χ0n) is 11.1. The van der Waals surface area contributed by atoms with Crippen LogP contribution in [0.25, 0.3) is 0 Å². The average molecular weight is 251 g/mol. The minimum Gasteiger partial charge on any atom is -0.481 e. The van der Waals surface area contributed by atoms with Crippen LogP contribution in [0.5, 0.6) is 5.88 Å². The van der Waals surface area contributed by atoms with Gasteiger partial charge in [0.2, 0.25) is 5.88 Å². The summed E-state index contributed by atoms with van der Waals surface area (Å²) in [4.78, 5) is 6.51. The molecular weight excluding hydrogens is 230 g/mol. The minimum atomic E-state index is 0.384. The van der Waals surface area contributed by atoms with Crippen molar-refractivity contribution in [1.82, 2.24) is 9.88 Å². The second-order valence-corrected chi connectivity index (χ2v) is 4.55. The molecule has 18 heavy (non-hydrogen) atoms. The van der Waals surface area contributed by atoms with Gasteiger partial charge in [-0.25, -0.2) is 4.98 Å². The Morgan fingerprint density at radius 1 is 1.50 bits per heavy atom. The maximum absolute atomic E-state index is 5.34. The molecule has 0 amide bonds. The molecule has 1 unspecified atom stereocenters. The lowest BCUT2D eigenvalue weighted by Crippen LogP contribution is -2.42. The summed E-state index contributed by atoms with van der Waals surface area (Å²) < 4.78 is 10.5. The highest BCUT2D eigenvalue weighted by Crippen LogP contribution is 2.14. The summed E-state index contributed by atoms with van der Waals surface area (Å²) in [6, 6.07) is 4.25. The Morgan fingerprint density at radius 3 is 3.00 bits per heavy atom. The number of hydrogen-bond acceptors (Lipinski definition) is 5. The third kappa shape index (κ3) is 3.85. The topological polar surface area (TPSA) is 46.6 Å². The van der Waals surface area contributed by atoms with E-state index in [1.165, 1.54) is 0 Å². The first-order valence-electron chi connectivity index (χ1n) is 6.34. The van der Waals surface area contributed by atoms with E-state index < -0.39 is 0 Å². The number of nitrogens with one attached hydrogen (secondary N) is 1. The molecule has 1 atom stereocenters. The predicted molar refractivity (Wildman–Crippen MR) is 71.1 cm³/mol. The van der Waals surface area contributed by atoms with Gasteiger partial charge in [0.15, 0.2) is 0 Å². The molecule has 0 spiro atoms. The Morgan fingerprint density at radius 2 is 2.28 bits per heavy atom. The molecule has 5 heteroatoms. The number of hydrogen-bond donors (Lipinski definition) is 1. The molecule has 0 radical (unpaired) electrons. The van der Waals surface area contributed by atoms with Gasteiger partial charge in [-0.1, -0.05) is 0 Å². The molecule has 1 aliphatic heterocycles. The Labute approximate surface area is 108 Å². The molecular formula is C13H21N3O2. The largest absolute Gasteiger partial charge is 0.481 e. The second kappa shape index (κ2) is 6.56. The van der Waals surface area contributed by atoms with Crippen molar-refractivity contribution in [3.8, 4) is 5.88 Å². The van der Waals surface area contributed by atoms with Crippen molar-refractivity contribution in [2.75, 3.05) is 45.3 Å². The van der Waals surface area contributed by atoms with Gasteiger partial charge in [0.25, 0.3) is 0 Å². The van der Waals surface area contributed by atoms with Gasteiger partial charge in [-0.2, -0.15) is 0 Å². The number of rotatable bonds is 5. The SMILES string of the molecule is COc1cc(NC(C)CN2CCOCC2)ccn1. The summed E-state index contributed by atoms with van der Waals surface area (Å²) in [5, 5.41) is 3.46. The molecule has 1 N–H and O–H groups in total. The van der Waals surface area contributed by atoms with Gasteiger partial charge < -0.3 is 14.8 Å². The van der Waals surface area contributed by atoms with Gasteiger partial charge in [0.1, 0.15) is 0 Å². The number of anilines is 1. The van der Waals surface area contributed by atoms with Crippen LogP contribution >= 0.6 is 0 Å². The van der Waals surface area contributed by atoms with Gasteiger partial charge in [-0.3, -0.25) is 4.90 Å². The molecule has 0 saturated carbocycles. The molecule has 2 heterocycles. The molecule has 1 aliphatic rings. The zero-order chi connectivity index (χ0) is 12.8. The van der Waals surface area contributed by atoms with E-state index in [1.807, 2.05) is 12.1 Å². The minimum absolute atomic E-state index is 0.384. The highest BCUT2D eigenvalue weighted by molar-refractivity contribution is 5.45. The van der Waals surface area contributed by atoms with E-state index in [0.717, 1.165) is 38.5 Å². The van der Waals surface area contributed by atoms with Crippen molar-refractivity contribution in [2.45, 2.75) is 13.0 Å². The highest BCUT2D eigenvalue weighted by atomic mass is 16.5. The van der Waals surface area contributed by atoms with E-state index in [-0.39, 0.29) is 0 Å². The van der Waals surface area contributed by atoms with Crippen LogP contribution < -0.4 is 10.1 Å². The lowest BCUT2D eigenvalue weighted by Gasteiger charge is -2.29. The summed E-state index contributed by atoms with van der Waals surface area (Å²) in [7, 11) is 1.63. The van der Waals surface area contributed by atoms with Crippen molar-refractivity contribution < 1.29 is 9.47 Å². The summed E-state index contributed by atoms with van der Waals surface area (Å²) >= 11 is 0. The van der Waals surface area contributed by atoms with E-state index >= 15 is 0 Å². The first-order valence-corrected chi connectivity index (χ1v) is 6.34. The van der Waals surface area contributed by atoms with Crippen LogP contribution in [0.4, 0.5) is 5.69 Å². The van der Waals surface area contributed by atoms with Gasteiger partial charge in [0, 0.05) is 43.6 Å². The molecule has 2 rings (SSSR count). The summed E-state index contributed by atoms with van der Waals surface area (Å²) in [6.45, 7) is 6.93. The van der Waals surface area contributed by atoms with Crippen LogP contribution in [0.2, 0.25) is 0 Å². The van der Waals surface area contributed by atoms with Gasteiger partial charge in [0.05, 0.1) is 20.3 Å². The van der Waals surface area contributed by atoms with E-state index in [2.05, 4.69) is 22.1 Å². The van der Waals surface area contributed by atoms with Crippen molar-refractivity contribution in [3.63, 3.8) is 0 Å². The monoisotopic (exact) mass is 251 g/mol. The fraction of sp³-hybridized carbons (Fsp3) is 0.615. The molecule has 0 aliphatic carbocycles. The van der Waals surface area contributed by atoms with Crippen LogP contribution in [0.3, 0.4) is 0 Å². The van der Waals surface area contributed by atoms with Gasteiger partial charge >= 0.3 is 0 Å². The number of morpholine rings is 1. The molecule has 1 fully saturated rings. The first kappa shape index (κ1) is 13.1. The van der Waals surface area contributed by atoms with Gasteiger partial charge in [-0.15, -0.1) is 0 Å². The predicted octanol–water partition coefficient (Wildman–Crippen LogP) is 1.22. The lowest BCUT2D eigenvalue weighted by molar-refractivity contribution is 0.0368. The van der Waals surface area contributed by atoms with E-state index in [4.69, 9.17) is 9.47 Å². The van der Waals surface area contributed by atoms with Crippen LogP contribution in [0, 0.1) is 0 Å². The van der Waals surface area contributed by atoms with Crippen molar-refractivity contribution in [2.24, 2.45) is 0 Å². The van der Waals surface area contributed by atoms with Crippen molar-refractivity contribution >= 4 is 5.69 Å². The van der Waals surface area contributed by atoms with Crippen LogP contribution in [-0.4, -0.2) is 55.9 Å². The lowest BCUT2D eigenvalue weighted by atomic mass is 10.2. The summed E-state index contributed by atoms with van der Waals surface area (Å²) in [5.74, 6) is 0.638. The number of aromatic nitrogens is 1. The second-order valence-electron chi connectivity index (χ2n) is 4.55. The van der Waals surface area contributed by atoms with Crippen LogP contribution in [0.15, 0.2) is 18.3 Å². The van der Waals surface area contributed by atoms with Gasteiger partial charge in [-0.05, 0) is 13.0 Å². The third-order valence-electron chi connectivity index (χ3n) is 2.99. The van der Waals surface area contributed by atoms with Crippen LogP contribution in [-0.2, 0) is 4.74 Å².